The van der Waals surface area contributed by atoms with Gasteiger partial charge in [-0.1, -0.05) is 0 Å². The van der Waals surface area contributed by atoms with Crippen molar-refractivity contribution in [2.45, 2.75) is 13.3 Å². The minimum atomic E-state index is -0.210. The number of methoxy groups -OCH3 is 1. The first-order chi connectivity index (χ1) is 6.16. The van der Waals surface area contributed by atoms with Gasteiger partial charge in [-0.25, -0.2) is 0 Å². The lowest BCUT2D eigenvalue weighted by molar-refractivity contribution is -0.137. The molecule has 0 radical (unpaired) electrons. The van der Waals surface area contributed by atoms with Crippen LogP contribution in [0.4, 0.5) is 0 Å². The average Bonchev–Trinajstić information content (AvgIpc) is 2.32. The fourth-order valence-electron chi connectivity index (χ4n) is 1.22. The quantitative estimate of drug-likeness (QED) is 0.466. The Kier molecular flexibility index (Phi) is 3.19. The number of rotatable bonds is 4. The molecule has 0 aromatic heterocycles. The molecule has 0 spiro atoms. The van der Waals surface area contributed by atoms with Gasteiger partial charge in [-0.3, -0.25) is 14.5 Å². The first-order valence-electron chi connectivity index (χ1n) is 4.20. The smallest absolute Gasteiger partial charge is 0.256 e. The van der Waals surface area contributed by atoms with Crippen molar-refractivity contribution in [3.8, 4) is 0 Å². The molecule has 0 aromatic rings. The third kappa shape index (κ3) is 2.15. The predicted molar refractivity (Wildman–Crippen MR) is 47.0 cm³/mol. The largest absolute Gasteiger partial charge is 0.385 e. The van der Waals surface area contributed by atoms with Crippen LogP contribution in [-0.2, 0) is 14.3 Å². The lowest BCUT2D eigenvalue weighted by atomic mass is 10.3. The van der Waals surface area contributed by atoms with Crippen molar-refractivity contribution in [1.82, 2.24) is 4.90 Å². The van der Waals surface area contributed by atoms with Crippen molar-refractivity contribution in [3.63, 3.8) is 0 Å². The van der Waals surface area contributed by atoms with Crippen LogP contribution in [0.15, 0.2) is 11.6 Å². The van der Waals surface area contributed by atoms with Crippen LogP contribution in [0, 0.1) is 0 Å². The third-order valence-electron chi connectivity index (χ3n) is 1.92. The van der Waals surface area contributed by atoms with Gasteiger partial charge in [0.25, 0.3) is 11.8 Å². The summed E-state index contributed by atoms with van der Waals surface area (Å²) in [6, 6.07) is 0. The Morgan fingerprint density at radius 1 is 1.46 bits per heavy atom. The maximum Gasteiger partial charge on any atom is 0.256 e. The topological polar surface area (TPSA) is 46.6 Å². The first-order valence-corrected chi connectivity index (χ1v) is 4.20. The zero-order chi connectivity index (χ0) is 9.84. The van der Waals surface area contributed by atoms with Gasteiger partial charge in [0.15, 0.2) is 0 Å². The SMILES string of the molecule is COCCCN1C(=O)C=C(C)C1=O. The molecule has 2 amide bonds. The van der Waals surface area contributed by atoms with Crippen LogP contribution < -0.4 is 0 Å². The van der Waals surface area contributed by atoms with E-state index in [1.165, 1.54) is 11.0 Å². The molecule has 0 aliphatic carbocycles. The van der Waals surface area contributed by atoms with Crippen molar-refractivity contribution in [2.75, 3.05) is 20.3 Å². The molecule has 1 aliphatic rings. The van der Waals surface area contributed by atoms with Crippen molar-refractivity contribution < 1.29 is 14.3 Å². The van der Waals surface area contributed by atoms with E-state index in [0.29, 0.717) is 25.1 Å². The highest BCUT2D eigenvalue weighted by atomic mass is 16.5. The molecular weight excluding hydrogens is 170 g/mol. The summed E-state index contributed by atoms with van der Waals surface area (Å²) in [6.07, 6.45) is 2.06. The maximum absolute atomic E-state index is 11.3. The summed E-state index contributed by atoms with van der Waals surface area (Å²) in [5.74, 6) is -0.389. The zero-order valence-corrected chi connectivity index (χ0v) is 7.87. The van der Waals surface area contributed by atoms with Gasteiger partial charge in [-0.05, 0) is 13.3 Å². The molecule has 1 rings (SSSR count). The molecule has 0 N–H and O–H groups in total. The molecule has 0 aromatic carbocycles. The molecule has 4 nitrogen and oxygen atoms in total. The number of amides is 2. The number of imide groups is 1. The van der Waals surface area contributed by atoms with Crippen molar-refractivity contribution in [3.05, 3.63) is 11.6 Å². The van der Waals surface area contributed by atoms with Crippen molar-refractivity contribution >= 4 is 11.8 Å². The Balaban J connectivity index is 2.44. The average molecular weight is 183 g/mol. The summed E-state index contributed by atoms with van der Waals surface area (Å²) in [4.78, 5) is 23.7. The molecule has 13 heavy (non-hydrogen) atoms. The summed E-state index contributed by atoms with van der Waals surface area (Å²) < 4.78 is 4.83. The van der Waals surface area contributed by atoms with Gasteiger partial charge in [0.2, 0.25) is 0 Å². The van der Waals surface area contributed by atoms with Crippen LogP contribution in [0.2, 0.25) is 0 Å². The lowest BCUT2D eigenvalue weighted by Crippen LogP contribution is -2.32. The van der Waals surface area contributed by atoms with Gasteiger partial charge in [0.1, 0.15) is 0 Å². The molecule has 1 heterocycles. The minimum absolute atomic E-state index is 0.180. The van der Waals surface area contributed by atoms with E-state index in [2.05, 4.69) is 0 Å². The highest BCUT2D eigenvalue weighted by Gasteiger charge is 2.27. The molecule has 0 fully saturated rings. The second-order valence-corrected chi connectivity index (χ2v) is 2.97. The number of hydrogen-bond acceptors (Lipinski definition) is 3. The van der Waals surface area contributed by atoms with E-state index in [1.54, 1.807) is 14.0 Å². The highest BCUT2D eigenvalue weighted by Crippen LogP contribution is 2.11. The standard InChI is InChI=1S/C9H13NO3/c1-7-6-8(11)10(9(7)12)4-3-5-13-2/h6H,3-5H2,1-2H3. The van der Waals surface area contributed by atoms with Crippen LogP contribution in [0.3, 0.4) is 0 Å². The number of nitrogens with zero attached hydrogens (tertiary/aromatic N) is 1. The van der Waals surface area contributed by atoms with Gasteiger partial charge >= 0.3 is 0 Å². The zero-order valence-electron chi connectivity index (χ0n) is 7.87. The molecule has 0 bridgehead atoms. The number of ether oxygens (including phenoxy) is 1. The Hall–Kier alpha value is -1.16. The maximum atomic E-state index is 11.3. The van der Waals surface area contributed by atoms with E-state index < -0.39 is 0 Å². The van der Waals surface area contributed by atoms with Crippen molar-refractivity contribution in [1.29, 1.82) is 0 Å². The Labute approximate surface area is 77.2 Å². The van der Waals surface area contributed by atoms with E-state index in [9.17, 15) is 9.59 Å². The fraction of sp³-hybridized carbons (Fsp3) is 0.556. The fourth-order valence-corrected chi connectivity index (χ4v) is 1.22. The van der Waals surface area contributed by atoms with Crippen LogP contribution >= 0.6 is 0 Å². The summed E-state index contributed by atoms with van der Waals surface area (Å²) in [5.41, 5.74) is 0.516. The number of carbonyl (C=O) groups is 2. The van der Waals surface area contributed by atoms with Crippen LogP contribution in [0.1, 0.15) is 13.3 Å². The molecule has 1 aliphatic heterocycles. The minimum Gasteiger partial charge on any atom is -0.385 e. The van der Waals surface area contributed by atoms with Gasteiger partial charge in [-0.15, -0.1) is 0 Å². The molecule has 4 heteroatoms. The Bertz CT molecular complexity index is 258. The van der Waals surface area contributed by atoms with Crippen molar-refractivity contribution in [2.24, 2.45) is 0 Å². The van der Waals surface area contributed by atoms with Crippen LogP contribution in [-0.4, -0.2) is 37.0 Å². The number of carbonyl (C=O) groups excluding carboxylic acids is 2. The molecule has 0 saturated carbocycles. The normalized spacial score (nSPS) is 16.8. The van der Waals surface area contributed by atoms with Gasteiger partial charge in [0, 0.05) is 31.9 Å². The van der Waals surface area contributed by atoms with E-state index in [1.807, 2.05) is 0 Å². The summed E-state index contributed by atoms with van der Waals surface area (Å²) >= 11 is 0. The number of hydrogen-bond donors (Lipinski definition) is 0. The van der Waals surface area contributed by atoms with E-state index in [4.69, 9.17) is 4.74 Å². The van der Waals surface area contributed by atoms with Crippen LogP contribution in [0.5, 0.6) is 0 Å². The Morgan fingerprint density at radius 3 is 2.62 bits per heavy atom. The molecule has 0 unspecified atom stereocenters. The lowest BCUT2D eigenvalue weighted by Gasteiger charge is -2.13. The first kappa shape index (κ1) is 9.92. The van der Waals surface area contributed by atoms with E-state index in [-0.39, 0.29) is 11.8 Å². The third-order valence-corrected chi connectivity index (χ3v) is 1.92. The second kappa shape index (κ2) is 4.18. The summed E-state index contributed by atoms with van der Waals surface area (Å²) in [6.45, 7) is 2.66. The van der Waals surface area contributed by atoms with E-state index in [0.717, 1.165) is 0 Å². The monoisotopic (exact) mass is 183 g/mol. The van der Waals surface area contributed by atoms with Gasteiger partial charge in [0.05, 0.1) is 0 Å². The van der Waals surface area contributed by atoms with E-state index >= 15 is 0 Å². The van der Waals surface area contributed by atoms with Crippen LogP contribution in [0.25, 0.3) is 0 Å². The van der Waals surface area contributed by atoms with Gasteiger partial charge in [-0.2, -0.15) is 0 Å². The molecule has 72 valence electrons. The predicted octanol–water partition coefficient (Wildman–Crippen LogP) is 0.338. The van der Waals surface area contributed by atoms with Gasteiger partial charge < -0.3 is 4.74 Å². The molecule has 0 saturated heterocycles. The molecule has 0 atom stereocenters. The molecular formula is C9H13NO3. The summed E-state index contributed by atoms with van der Waals surface area (Å²) in [7, 11) is 1.59. The second-order valence-electron chi connectivity index (χ2n) is 2.97. The summed E-state index contributed by atoms with van der Waals surface area (Å²) in [5, 5.41) is 0. The Morgan fingerprint density at radius 2 is 2.15 bits per heavy atom. The highest BCUT2D eigenvalue weighted by molar-refractivity contribution is 6.15.